The molecular weight excluding hydrogens is 442 g/mol. The second-order valence-electron chi connectivity index (χ2n) is 8.93. The molecule has 0 saturated heterocycles. The summed E-state index contributed by atoms with van der Waals surface area (Å²) in [6.07, 6.45) is 0. The van der Waals surface area contributed by atoms with Gasteiger partial charge in [-0.25, -0.2) is 0 Å². The third-order valence-electron chi connectivity index (χ3n) is 6.84. The molecule has 3 heteroatoms. The lowest BCUT2D eigenvalue weighted by atomic mass is 9.95. The molecule has 1 aliphatic heterocycles. The van der Waals surface area contributed by atoms with Crippen LogP contribution in [-0.2, 0) is 0 Å². The maximum atomic E-state index is 12.6. The lowest BCUT2D eigenvalue weighted by Crippen LogP contribution is -2.10. The minimum absolute atomic E-state index is 0.0379. The van der Waals surface area contributed by atoms with Crippen molar-refractivity contribution in [3.05, 3.63) is 138 Å². The molecule has 1 aliphatic rings. The van der Waals surface area contributed by atoms with Gasteiger partial charge in [0.2, 0.25) is 0 Å². The largest absolute Gasteiger partial charge is 0.456 e. The molecule has 6 aromatic rings. The number of hydrogen-bond acceptors (Lipinski definition) is 3. The molecule has 0 saturated carbocycles. The molecule has 0 atom stereocenters. The summed E-state index contributed by atoms with van der Waals surface area (Å²) >= 11 is 0. The summed E-state index contributed by atoms with van der Waals surface area (Å²) in [6, 6.07) is 42.8. The molecule has 0 amide bonds. The van der Waals surface area contributed by atoms with Crippen LogP contribution in [0.5, 0.6) is 0 Å². The third kappa shape index (κ3) is 3.18. The van der Waals surface area contributed by atoms with Crippen LogP contribution in [0.1, 0.15) is 0 Å². The van der Waals surface area contributed by atoms with Crippen molar-refractivity contribution in [1.29, 1.82) is 0 Å². The van der Waals surface area contributed by atoms with Crippen molar-refractivity contribution >= 4 is 28.0 Å². The van der Waals surface area contributed by atoms with Gasteiger partial charge in [0.15, 0.2) is 5.43 Å². The van der Waals surface area contributed by atoms with Gasteiger partial charge in [0.1, 0.15) is 11.3 Å². The summed E-state index contributed by atoms with van der Waals surface area (Å²) in [4.78, 5) is 15.0. The van der Waals surface area contributed by atoms with Crippen LogP contribution in [-0.4, -0.2) is 0 Å². The fourth-order valence-electron chi connectivity index (χ4n) is 5.17. The smallest absolute Gasteiger partial charge is 0.193 e. The van der Waals surface area contributed by atoms with Crippen LogP contribution in [0, 0.1) is 0 Å². The number of fused-ring (bicyclic) bond motifs is 6. The summed E-state index contributed by atoms with van der Waals surface area (Å²) in [5.74, 6) is 0.564. The van der Waals surface area contributed by atoms with E-state index in [4.69, 9.17) is 4.42 Å². The highest BCUT2D eigenvalue weighted by atomic mass is 16.3. The second-order valence-corrected chi connectivity index (χ2v) is 8.93. The highest BCUT2D eigenvalue weighted by Gasteiger charge is 2.25. The van der Waals surface area contributed by atoms with E-state index < -0.39 is 0 Å². The molecule has 0 aliphatic carbocycles. The highest BCUT2D eigenvalue weighted by Crippen LogP contribution is 2.50. The quantitative estimate of drug-likeness (QED) is 0.257. The number of hydrogen-bond donors (Lipinski definition) is 0. The van der Waals surface area contributed by atoms with Crippen molar-refractivity contribution in [2.24, 2.45) is 0 Å². The SMILES string of the molecule is O=c1cc(-c2ccc(N3c4ccccc4-c4ccccc4-c4ccccc43)cc2)oc2ccccc12. The Balaban J connectivity index is 1.40. The average Bonchev–Trinajstić information content (AvgIpc) is 3.06. The first kappa shape index (κ1) is 20.5. The van der Waals surface area contributed by atoms with Crippen LogP contribution in [0.25, 0.3) is 44.5 Å². The first-order valence-corrected chi connectivity index (χ1v) is 12.0. The van der Waals surface area contributed by atoms with Crippen LogP contribution in [0.4, 0.5) is 17.1 Å². The van der Waals surface area contributed by atoms with E-state index in [-0.39, 0.29) is 5.43 Å². The number of para-hydroxylation sites is 3. The molecule has 5 aromatic carbocycles. The van der Waals surface area contributed by atoms with Crippen molar-refractivity contribution < 1.29 is 4.42 Å². The molecule has 7 rings (SSSR count). The van der Waals surface area contributed by atoms with E-state index in [2.05, 4.69) is 89.8 Å². The van der Waals surface area contributed by atoms with Crippen molar-refractivity contribution in [2.45, 2.75) is 0 Å². The predicted molar refractivity (Wildman–Crippen MR) is 147 cm³/mol. The average molecular weight is 464 g/mol. The Morgan fingerprint density at radius 2 is 1.06 bits per heavy atom. The maximum absolute atomic E-state index is 12.6. The Morgan fingerprint density at radius 3 is 1.69 bits per heavy atom. The third-order valence-corrected chi connectivity index (χ3v) is 6.84. The Labute approximate surface area is 208 Å². The fraction of sp³-hybridized carbons (Fsp3) is 0. The van der Waals surface area contributed by atoms with E-state index in [0.29, 0.717) is 16.7 Å². The van der Waals surface area contributed by atoms with Crippen molar-refractivity contribution in [3.8, 4) is 33.6 Å². The topological polar surface area (TPSA) is 33.5 Å². The number of benzene rings is 5. The Kier molecular flexibility index (Phi) is 4.61. The van der Waals surface area contributed by atoms with Gasteiger partial charge in [0.25, 0.3) is 0 Å². The molecule has 0 unspecified atom stereocenters. The van der Waals surface area contributed by atoms with E-state index in [1.807, 2.05) is 30.3 Å². The molecular formula is C33H21NO2. The van der Waals surface area contributed by atoms with Crippen molar-refractivity contribution in [2.75, 3.05) is 4.90 Å². The first-order valence-electron chi connectivity index (χ1n) is 12.0. The second kappa shape index (κ2) is 8.10. The Hall–Kier alpha value is -4.89. The van der Waals surface area contributed by atoms with Gasteiger partial charge in [-0.15, -0.1) is 0 Å². The van der Waals surface area contributed by atoms with E-state index in [9.17, 15) is 4.79 Å². The first-order chi connectivity index (χ1) is 17.8. The van der Waals surface area contributed by atoms with E-state index in [0.717, 1.165) is 22.6 Å². The molecule has 0 spiro atoms. The van der Waals surface area contributed by atoms with Gasteiger partial charge >= 0.3 is 0 Å². The van der Waals surface area contributed by atoms with Gasteiger partial charge in [-0.05, 0) is 59.7 Å². The maximum Gasteiger partial charge on any atom is 0.193 e. The molecule has 0 N–H and O–H groups in total. The lowest BCUT2D eigenvalue weighted by molar-refractivity contribution is 0.619. The van der Waals surface area contributed by atoms with Gasteiger partial charge in [-0.1, -0.05) is 72.8 Å². The Morgan fingerprint density at radius 1 is 0.528 bits per heavy atom. The number of rotatable bonds is 2. The Bertz CT molecular complexity index is 1750. The molecule has 0 bridgehead atoms. The van der Waals surface area contributed by atoms with E-state index in [1.54, 1.807) is 12.1 Å². The fourth-order valence-corrected chi connectivity index (χ4v) is 5.17. The minimum atomic E-state index is -0.0379. The number of anilines is 3. The molecule has 1 aromatic heterocycles. The van der Waals surface area contributed by atoms with Gasteiger partial charge < -0.3 is 9.32 Å². The normalized spacial score (nSPS) is 11.9. The van der Waals surface area contributed by atoms with Crippen LogP contribution < -0.4 is 10.3 Å². The summed E-state index contributed by atoms with van der Waals surface area (Å²) < 4.78 is 6.08. The monoisotopic (exact) mass is 463 g/mol. The lowest BCUT2D eigenvalue weighted by Gasteiger charge is -2.27. The highest BCUT2D eigenvalue weighted by molar-refractivity contribution is 6.02. The van der Waals surface area contributed by atoms with Crippen molar-refractivity contribution in [3.63, 3.8) is 0 Å². The van der Waals surface area contributed by atoms with Crippen LogP contribution >= 0.6 is 0 Å². The van der Waals surface area contributed by atoms with E-state index in [1.165, 1.54) is 22.3 Å². The summed E-state index contributed by atoms with van der Waals surface area (Å²) in [6.45, 7) is 0. The van der Waals surface area contributed by atoms with Gasteiger partial charge in [-0.3, -0.25) is 4.79 Å². The molecule has 36 heavy (non-hydrogen) atoms. The molecule has 0 fully saturated rings. The zero-order valence-electron chi connectivity index (χ0n) is 19.4. The molecule has 2 heterocycles. The summed E-state index contributed by atoms with van der Waals surface area (Å²) in [5, 5.41) is 0.593. The standard InChI is InChI=1S/C33H21NO2/c35-31-21-33(36-32-16-8-5-13-28(31)32)22-17-19-23(20-18-22)34-29-14-6-3-11-26(29)24-9-1-2-10-25(24)27-12-4-7-15-30(27)34/h1-21H. The molecule has 0 radical (unpaired) electrons. The van der Waals surface area contributed by atoms with E-state index >= 15 is 0 Å². The summed E-state index contributed by atoms with van der Waals surface area (Å²) in [5.41, 5.74) is 9.52. The van der Waals surface area contributed by atoms with Gasteiger partial charge in [0.05, 0.1) is 16.8 Å². The van der Waals surface area contributed by atoms with Crippen LogP contribution in [0.15, 0.2) is 137 Å². The number of nitrogens with zero attached hydrogens (tertiary/aromatic N) is 1. The summed E-state index contributed by atoms with van der Waals surface area (Å²) in [7, 11) is 0. The zero-order valence-corrected chi connectivity index (χ0v) is 19.4. The minimum Gasteiger partial charge on any atom is -0.456 e. The van der Waals surface area contributed by atoms with Crippen molar-refractivity contribution in [1.82, 2.24) is 0 Å². The predicted octanol–water partition coefficient (Wildman–Crippen LogP) is 8.58. The van der Waals surface area contributed by atoms with Gasteiger partial charge in [0, 0.05) is 28.4 Å². The van der Waals surface area contributed by atoms with Crippen LogP contribution in [0.2, 0.25) is 0 Å². The van der Waals surface area contributed by atoms with Crippen LogP contribution in [0.3, 0.4) is 0 Å². The molecule has 3 nitrogen and oxygen atoms in total. The van der Waals surface area contributed by atoms with Gasteiger partial charge in [-0.2, -0.15) is 0 Å². The zero-order chi connectivity index (χ0) is 24.1. The molecule has 170 valence electrons.